The summed E-state index contributed by atoms with van der Waals surface area (Å²) in [6.07, 6.45) is 12.1. The van der Waals surface area contributed by atoms with Crippen molar-refractivity contribution in [2.24, 2.45) is 0 Å². The molecule has 0 aliphatic carbocycles. The first-order valence-electron chi connectivity index (χ1n) is 28.7. The number of hydrogen-bond donors (Lipinski definition) is 1. The van der Waals surface area contributed by atoms with Crippen molar-refractivity contribution in [3.8, 4) is 0 Å². The lowest BCUT2D eigenvalue weighted by molar-refractivity contribution is -0.328. The van der Waals surface area contributed by atoms with Crippen LogP contribution in [0.25, 0.3) is 0 Å². The quantitative estimate of drug-likeness (QED) is 0.0307. The molecule has 0 spiro atoms. The predicted molar refractivity (Wildman–Crippen MR) is 304 cm³/mol. The lowest BCUT2D eigenvalue weighted by atomic mass is 9.97. The van der Waals surface area contributed by atoms with Gasteiger partial charge in [0.1, 0.15) is 36.6 Å². The zero-order chi connectivity index (χ0) is 54.2. The largest absolute Gasteiger partial charge is 0.463 e. The van der Waals surface area contributed by atoms with E-state index in [1.807, 2.05) is 172 Å². The van der Waals surface area contributed by atoms with Crippen LogP contribution in [0.5, 0.6) is 0 Å². The van der Waals surface area contributed by atoms with Crippen molar-refractivity contribution in [3.05, 3.63) is 179 Å². The minimum atomic E-state index is -1.09. The Morgan fingerprint density at radius 3 is 1.43 bits per heavy atom. The van der Waals surface area contributed by atoms with E-state index < -0.39 is 54.5 Å². The number of nitrogens with one attached hydrogen (secondary N) is 1. The molecule has 0 radical (unpaired) electrons. The van der Waals surface area contributed by atoms with E-state index in [-0.39, 0.29) is 45.4 Å². The van der Waals surface area contributed by atoms with Crippen LogP contribution in [0.1, 0.15) is 152 Å². The van der Waals surface area contributed by atoms with Crippen LogP contribution in [-0.2, 0) is 75.5 Å². The predicted octanol–water partition coefficient (Wildman–Crippen LogP) is 14.6. The van der Waals surface area contributed by atoms with E-state index in [1.54, 1.807) is 0 Å². The molecule has 1 amide bonds. The Kier molecular flexibility index (Phi) is 27.8. The Hall–Kier alpha value is -5.40. The maximum atomic E-state index is 13.9. The van der Waals surface area contributed by atoms with Crippen molar-refractivity contribution < 1.29 is 47.5 Å². The SMILES string of the molecule is CCCCCCCCCCCCCCC[C@@H](OCc1ccccc1)[C@H](CO[C@H]1O[C@H](COC(=O)CCc2ccccc2)[C@H](OCc2ccccc2)[C@H](OCc2ccccc2)[C@H]1OCc1ccccc1)NC(=O)OC(C)(C)C. The fourth-order valence-corrected chi connectivity index (χ4v) is 9.59. The van der Waals surface area contributed by atoms with Crippen LogP contribution in [0.2, 0.25) is 0 Å². The first-order valence-corrected chi connectivity index (χ1v) is 28.7. The van der Waals surface area contributed by atoms with Crippen molar-refractivity contribution in [2.45, 2.75) is 205 Å². The van der Waals surface area contributed by atoms with Gasteiger partial charge in [0.05, 0.1) is 45.2 Å². The molecule has 0 aromatic heterocycles. The fraction of sp³-hybridized carbons (Fsp3) is 0.515. The van der Waals surface area contributed by atoms with Gasteiger partial charge in [0.2, 0.25) is 0 Å². The Labute approximate surface area is 461 Å². The highest BCUT2D eigenvalue weighted by atomic mass is 16.7. The van der Waals surface area contributed by atoms with Gasteiger partial charge in [-0.05, 0) is 61.4 Å². The van der Waals surface area contributed by atoms with Crippen molar-refractivity contribution >= 4 is 12.1 Å². The van der Waals surface area contributed by atoms with Crippen LogP contribution in [0, 0.1) is 0 Å². The molecule has 1 aliphatic rings. The van der Waals surface area contributed by atoms with Crippen LogP contribution >= 0.6 is 0 Å². The normalized spacial score (nSPS) is 18.3. The van der Waals surface area contributed by atoms with Crippen LogP contribution in [-0.4, -0.2) is 73.7 Å². The lowest BCUT2D eigenvalue weighted by Crippen LogP contribution is -2.62. The van der Waals surface area contributed by atoms with Gasteiger partial charge in [0, 0.05) is 6.42 Å². The average molecular weight is 1060 g/mol. The maximum absolute atomic E-state index is 13.9. The molecule has 11 heteroatoms. The van der Waals surface area contributed by atoms with Gasteiger partial charge >= 0.3 is 12.1 Å². The standard InChI is InChI=1S/C66H89NO10/c1-5-6-7-8-9-10-11-12-13-14-15-16-32-43-58(70-46-53-35-24-18-25-36-53)57(67-65(69)77-66(2,3)4)50-75-64-63(74-49-56-41-30-21-31-42-56)62(73-48-55-39-28-20-29-40-55)61(72-47-54-37-26-19-27-38-54)59(76-64)51-71-60(68)45-44-52-33-22-17-23-34-52/h17-31,33-42,57-59,61-64H,5-16,32,43-51H2,1-4H3,(H,67,69)/t57-,58+,59+,61-,62-,63+,64-/m0/s1. The molecule has 0 bridgehead atoms. The van der Waals surface area contributed by atoms with E-state index in [4.69, 9.17) is 37.9 Å². The minimum absolute atomic E-state index is 0.0302. The number of unbranched alkanes of at least 4 members (excludes halogenated alkanes) is 12. The van der Waals surface area contributed by atoms with Crippen molar-refractivity contribution in [3.63, 3.8) is 0 Å². The van der Waals surface area contributed by atoms with Gasteiger partial charge in [0.15, 0.2) is 6.29 Å². The smallest absolute Gasteiger partial charge is 0.408 e. The average Bonchev–Trinajstić information content (AvgIpc) is 3.45. The highest BCUT2D eigenvalue weighted by Gasteiger charge is 2.50. The number of carbonyl (C=O) groups is 2. The second kappa shape index (κ2) is 35.2. The molecule has 418 valence electrons. The van der Waals surface area contributed by atoms with Gasteiger partial charge < -0.3 is 43.2 Å². The zero-order valence-corrected chi connectivity index (χ0v) is 46.6. The first kappa shape index (κ1) is 60.8. The summed E-state index contributed by atoms with van der Waals surface area (Å²) < 4.78 is 53.5. The van der Waals surface area contributed by atoms with Gasteiger partial charge in [-0.15, -0.1) is 0 Å². The molecule has 77 heavy (non-hydrogen) atoms. The molecule has 1 fully saturated rings. The van der Waals surface area contributed by atoms with E-state index in [9.17, 15) is 9.59 Å². The third kappa shape index (κ3) is 24.0. The second-order valence-electron chi connectivity index (χ2n) is 21.4. The monoisotopic (exact) mass is 1060 g/mol. The summed E-state index contributed by atoms with van der Waals surface area (Å²) in [5, 5.41) is 3.17. The Morgan fingerprint density at radius 1 is 0.519 bits per heavy atom. The summed E-state index contributed by atoms with van der Waals surface area (Å²) in [6.45, 7) is 8.66. The molecule has 1 saturated heterocycles. The van der Waals surface area contributed by atoms with Gasteiger partial charge in [-0.3, -0.25) is 4.79 Å². The molecule has 7 atom stereocenters. The van der Waals surface area contributed by atoms with E-state index >= 15 is 0 Å². The summed E-state index contributed by atoms with van der Waals surface area (Å²) >= 11 is 0. The number of benzene rings is 5. The zero-order valence-electron chi connectivity index (χ0n) is 46.6. The number of carbonyl (C=O) groups excluding carboxylic acids is 2. The molecule has 1 aliphatic heterocycles. The highest BCUT2D eigenvalue weighted by molar-refractivity contribution is 5.69. The van der Waals surface area contributed by atoms with E-state index in [2.05, 4.69) is 12.2 Å². The Morgan fingerprint density at radius 2 is 0.948 bits per heavy atom. The summed E-state index contributed by atoms with van der Waals surface area (Å²) in [5.74, 6) is -0.367. The topological polar surface area (TPSA) is 120 Å². The highest BCUT2D eigenvalue weighted by Crippen LogP contribution is 2.32. The number of alkyl carbamates (subject to hydrolysis) is 1. The summed E-state index contributed by atoms with van der Waals surface area (Å²) in [4.78, 5) is 27.4. The molecule has 5 aromatic carbocycles. The number of hydrogen-bond acceptors (Lipinski definition) is 10. The summed E-state index contributed by atoms with van der Waals surface area (Å²) in [6, 6.07) is 49.1. The van der Waals surface area contributed by atoms with E-state index in [1.165, 1.54) is 64.2 Å². The minimum Gasteiger partial charge on any atom is -0.463 e. The molecule has 0 unspecified atom stereocenters. The van der Waals surface area contributed by atoms with Gasteiger partial charge in [-0.25, -0.2) is 4.79 Å². The number of rotatable bonds is 36. The molecule has 5 aromatic rings. The van der Waals surface area contributed by atoms with Crippen molar-refractivity contribution in [1.82, 2.24) is 5.32 Å². The van der Waals surface area contributed by atoms with Crippen LogP contribution in [0.4, 0.5) is 4.79 Å². The number of aryl methyl sites for hydroxylation is 1. The lowest BCUT2D eigenvalue weighted by Gasteiger charge is -2.46. The fourth-order valence-electron chi connectivity index (χ4n) is 9.59. The van der Waals surface area contributed by atoms with Crippen LogP contribution < -0.4 is 5.32 Å². The third-order valence-electron chi connectivity index (χ3n) is 13.8. The van der Waals surface area contributed by atoms with E-state index in [0.717, 1.165) is 47.1 Å². The Bertz CT molecular complexity index is 2300. The maximum Gasteiger partial charge on any atom is 0.408 e. The number of ether oxygens (including phenoxy) is 8. The molecule has 1 heterocycles. The van der Waals surface area contributed by atoms with Gasteiger partial charge in [0.25, 0.3) is 0 Å². The summed E-state index contributed by atoms with van der Waals surface area (Å²) in [5.41, 5.74) is 4.16. The number of esters is 1. The van der Waals surface area contributed by atoms with Crippen LogP contribution in [0.15, 0.2) is 152 Å². The van der Waals surface area contributed by atoms with Gasteiger partial charge in [-0.1, -0.05) is 242 Å². The van der Waals surface area contributed by atoms with Gasteiger partial charge in [-0.2, -0.15) is 0 Å². The molecular formula is C66H89NO10. The summed E-state index contributed by atoms with van der Waals surface area (Å²) in [7, 11) is 0. The van der Waals surface area contributed by atoms with Crippen molar-refractivity contribution in [2.75, 3.05) is 13.2 Å². The molecule has 1 N–H and O–H groups in total. The van der Waals surface area contributed by atoms with Crippen molar-refractivity contribution in [1.29, 1.82) is 0 Å². The molecule has 11 nitrogen and oxygen atoms in total. The molecule has 0 saturated carbocycles. The third-order valence-corrected chi connectivity index (χ3v) is 13.8. The first-order chi connectivity index (χ1) is 37.6. The Balaban J connectivity index is 1.27. The number of amides is 1. The molecule has 6 rings (SSSR count). The second-order valence-corrected chi connectivity index (χ2v) is 21.4. The van der Waals surface area contributed by atoms with Crippen LogP contribution in [0.3, 0.4) is 0 Å². The molecular weight excluding hydrogens is 967 g/mol. The van der Waals surface area contributed by atoms with E-state index in [0.29, 0.717) is 19.4 Å².